The van der Waals surface area contributed by atoms with Gasteiger partial charge in [-0.25, -0.2) is 4.39 Å². The van der Waals surface area contributed by atoms with Crippen LogP contribution in [0, 0.1) is 12.7 Å². The van der Waals surface area contributed by atoms with Crippen LogP contribution in [0.2, 0.25) is 0 Å². The molecule has 0 saturated carbocycles. The molecule has 1 heterocycles. The van der Waals surface area contributed by atoms with Crippen molar-refractivity contribution in [2.75, 3.05) is 0 Å². The third kappa shape index (κ3) is 2.84. The van der Waals surface area contributed by atoms with E-state index in [-0.39, 0.29) is 11.8 Å². The molecule has 2 N–H and O–H groups in total. The molecule has 0 bridgehead atoms. The Kier molecular flexibility index (Phi) is 3.57. The maximum Gasteiger partial charge on any atom is 0.240 e. The Bertz CT molecular complexity index is 542. The Morgan fingerprint density at radius 3 is 2.89 bits per heavy atom. The highest BCUT2D eigenvalue weighted by Gasteiger charge is 2.12. The molecule has 0 amide bonds. The zero-order valence-electron chi connectivity index (χ0n) is 10.1. The number of aromatic hydroxyl groups is 1. The van der Waals surface area contributed by atoms with Crippen molar-refractivity contribution < 1.29 is 14.0 Å². The first-order valence-electron chi connectivity index (χ1n) is 5.57. The molecule has 18 heavy (non-hydrogen) atoms. The number of aryl methyl sites for hydroxylation is 1. The van der Waals surface area contributed by atoms with E-state index in [4.69, 9.17) is 4.52 Å². The molecule has 0 radical (unpaired) electrons. The maximum atomic E-state index is 12.9. The lowest BCUT2D eigenvalue weighted by atomic mass is 10.1. The van der Waals surface area contributed by atoms with Crippen LogP contribution in [0.25, 0.3) is 0 Å². The van der Waals surface area contributed by atoms with Gasteiger partial charge < -0.3 is 14.9 Å². The second-order valence-electron chi connectivity index (χ2n) is 4.04. The van der Waals surface area contributed by atoms with Crippen LogP contribution in [0.1, 0.15) is 30.2 Å². The molecule has 0 spiro atoms. The zero-order chi connectivity index (χ0) is 13.1. The number of aromatic nitrogens is 2. The minimum atomic E-state index is -0.462. The average Bonchev–Trinajstić information content (AvgIpc) is 2.72. The summed E-state index contributed by atoms with van der Waals surface area (Å²) in [5, 5.41) is 16.4. The number of phenols is 1. The largest absolute Gasteiger partial charge is 0.508 e. The van der Waals surface area contributed by atoms with E-state index < -0.39 is 5.82 Å². The Labute approximate surface area is 104 Å². The topological polar surface area (TPSA) is 71.2 Å². The van der Waals surface area contributed by atoms with Crippen molar-refractivity contribution in [1.29, 1.82) is 0 Å². The fourth-order valence-electron chi connectivity index (χ4n) is 1.65. The quantitative estimate of drug-likeness (QED) is 0.870. The Balaban J connectivity index is 2.01. The van der Waals surface area contributed by atoms with E-state index in [1.807, 2.05) is 6.92 Å². The lowest BCUT2D eigenvalue weighted by Gasteiger charge is -2.14. The first-order valence-corrected chi connectivity index (χ1v) is 5.57. The van der Waals surface area contributed by atoms with Crippen molar-refractivity contribution in [3.8, 4) is 5.75 Å². The van der Waals surface area contributed by atoms with Gasteiger partial charge in [-0.3, -0.25) is 0 Å². The van der Waals surface area contributed by atoms with E-state index in [1.54, 1.807) is 13.0 Å². The fraction of sp³-hybridized carbons (Fsp3) is 0.333. The Hall–Kier alpha value is -1.95. The maximum absolute atomic E-state index is 12.9. The number of nitrogens with zero attached hydrogens (tertiary/aromatic N) is 2. The molecule has 0 aliphatic carbocycles. The summed E-state index contributed by atoms with van der Waals surface area (Å²) in [7, 11) is 0. The molecule has 1 atom stereocenters. The summed E-state index contributed by atoms with van der Waals surface area (Å²) in [4.78, 5) is 4.05. The highest BCUT2D eigenvalue weighted by molar-refractivity contribution is 5.34. The zero-order valence-corrected chi connectivity index (χ0v) is 10.1. The summed E-state index contributed by atoms with van der Waals surface area (Å²) in [6.45, 7) is 3.98. The molecule has 1 aromatic carbocycles. The van der Waals surface area contributed by atoms with Crippen LogP contribution in [0.4, 0.5) is 4.39 Å². The molecule has 1 unspecified atom stereocenters. The summed E-state index contributed by atoms with van der Waals surface area (Å²) in [6.07, 6.45) is 0. The van der Waals surface area contributed by atoms with Gasteiger partial charge in [0.1, 0.15) is 11.6 Å². The number of benzene rings is 1. The Morgan fingerprint density at radius 2 is 2.28 bits per heavy atom. The molecule has 2 aromatic rings. The second kappa shape index (κ2) is 5.14. The third-order valence-corrected chi connectivity index (χ3v) is 2.59. The van der Waals surface area contributed by atoms with Gasteiger partial charge in [-0.05, 0) is 19.9 Å². The van der Waals surface area contributed by atoms with Crippen molar-refractivity contribution in [2.24, 2.45) is 0 Å². The molecule has 1 aromatic heterocycles. The summed E-state index contributed by atoms with van der Waals surface area (Å²) in [5.41, 5.74) is 0.618. The molecule has 0 fully saturated rings. The molecule has 96 valence electrons. The molecule has 0 saturated heterocycles. The van der Waals surface area contributed by atoms with Crippen molar-refractivity contribution in [2.45, 2.75) is 26.4 Å². The highest BCUT2D eigenvalue weighted by atomic mass is 19.1. The summed E-state index contributed by atoms with van der Waals surface area (Å²) >= 11 is 0. The predicted octanol–water partition coefficient (Wildman–Crippen LogP) is 2.07. The Morgan fingerprint density at radius 1 is 1.50 bits per heavy atom. The van der Waals surface area contributed by atoms with Gasteiger partial charge >= 0.3 is 0 Å². The molecule has 0 aliphatic rings. The van der Waals surface area contributed by atoms with Gasteiger partial charge in [0.25, 0.3) is 0 Å². The third-order valence-electron chi connectivity index (χ3n) is 2.59. The van der Waals surface area contributed by atoms with Crippen LogP contribution in [0.5, 0.6) is 5.75 Å². The molecule has 2 rings (SSSR count). The average molecular weight is 251 g/mol. The molecule has 6 heteroatoms. The molecule has 5 nitrogen and oxygen atoms in total. The molecular formula is C12H14FN3O2. The van der Waals surface area contributed by atoms with Gasteiger partial charge in [0, 0.05) is 17.7 Å². The van der Waals surface area contributed by atoms with E-state index in [0.29, 0.717) is 23.8 Å². The lowest BCUT2D eigenvalue weighted by molar-refractivity contribution is 0.355. The van der Waals surface area contributed by atoms with Gasteiger partial charge in [-0.2, -0.15) is 4.98 Å². The van der Waals surface area contributed by atoms with Gasteiger partial charge in [0.2, 0.25) is 5.89 Å². The van der Waals surface area contributed by atoms with Crippen molar-refractivity contribution in [1.82, 2.24) is 15.5 Å². The van der Waals surface area contributed by atoms with Crippen molar-refractivity contribution in [3.05, 3.63) is 41.3 Å². The van der Waals surface area contributed by atoms with E-state index in [0.717, 1.165) is 6.07 Å². The first kappa shape index (κ1) is 12.5. The van der Waals surface area contributed by atoms with Gasteiger partial charge in [0.15, 0.2) is 5.82 Å². The standard InChI is InChI=1S/C12H14FN3O2/c1-7(10-4-3-9(13)5-11(10)17)14-6-12-15-8(2)16-18-12/h3-5,7,14,17H,6H2,1-2H3. The first-order chi connectivity index (χ1) is 8.56. The number of nitrogens with one attached hydrogen (secondary N) is 1. The number of hydrogen-bond donors (Lipinski definition) is 2. The number of rotatable bonds is 4. The second-order valence-corrected chi connectivity index (χ2v) is 4.04. The minimum Gasteiger partial charge on any atom is -0.508 e. The monoisotopic (exact) mass is 251 g/mol. The highest BCUT2D eigenvalue weighted by Crippen LogP contribution is 2.24. The van der Waals surface area contributed by atoms with Crippen LogP contribution in [0.3, 0.4) is 0 Å². The van der Waals surface area contributed by atoms with Crippen molar-refractivity contribution in [3.63, 3.8) is 0 Å². The van der Waals surface area contributed by atoms with Gasteiger partial charge in [-0.1, -0.05) is 11.2 Å². The number of hydrogen-bond acceptors (Lipinski definition) is 5. The van der Waals surface area contributed by atoms with Crippen LogP contribution in [0.15, 0.2) is 22.7 Å². The lowest BCUT2D eigenvalue weighted by Crippen LogP contribution is -2.18. The van der Waals surface area contributed by atoms with Crippen LogP contribution in [-0.4, -0.2) is 15.2 Å². The number of phenolic OH excluding ortho intramolecular Hbond substituents is 1. The van der Waals surface area contributed by atoms with Crippen LogP contribution in [-0.2, 0) is 6.54 Å². The molecular weight excluding hydrogens is 237 g/mol. The summed E-state index contributed by atoms with van der Waals surface area (Å²) in [6, 6.07) is 3.79. The normalized spacial score (nSPS) is 12.6. The summed E-state index contributed by atoms with van der Waals surface area (Å²) < 4.78 is 17.8. The van der Waals surface area contributed by atoms with Gasteiger partial charge in [0.05, 0.1) is 6.54 Å². The molecule has 0 aliphatic heterocycles. The van der Waals surface area contributed by atoms with Gasteiger partial charge in [-0.15, -0.1) is 0 Å². The van der Waals surface area contributed by atoms with E-state index in [9.17, 15) is 9.50 Å². The minimum absolute atomic E-state index is 0.0725. The summed E-state index contributed by atoms with van der Waals surface area (Å²) in [5.74, 6) is 0.512. The smallest absolute Gasteiger partial charge is 0.240 e. The SMILES string of the molecule is Cc1noc(CNC(C)c2ccc(F)cc2O)n1. The van der Waals surface area contributed by atoms with Crippen LogP contribution < -0.4 is 5.32 Å². The predicted molar refractivity (Wildman–Crippen MR) is 62.4 cm³/mol. The van der Waals surface area contributed by atoms with Crippen molar-refractivity contribution >= 4 is 0 Å². The van der Waals surface area contributed by atoms with E-state index >= 15 is 0 Å². The van der Waals surface area contributed by atoms with Crippen LogP contribution >= 0.6 is 0 Å². The van der Waals surface area contributed by atoms with E-state index in [2.05, 4.69) is 15.5 Å². The van der Waals surface area contributed by atoms with E-state index in [1.165, 1.54) is 6.07 Å². The fourth-order valence-corrected chi connectivity index (χ4v) is 1.65. The number of halogens is 1.